The van der Waals surface area contributed by atoms with Crippen molar-refractivity contribution in [2.24, 2.45) is 0 Å². The predicted molar refractivity (Wildman–Crippen MR) is 104 cm³/mol. The molecule has 9 heteroatoms. The number of nitrogens with one attached hydrogen (secondary N) is 2. The first kappa shape index (κ1) is 23.2. The third-order valence-corrected chi connectivity index (χ3v) is 3.57. The molecule has 0 unspecified atom stereocenters. The molecule has 8 nitrogen and oxygen atoms in total. The van der Waals surface area contributed by atoms with Crippen LogP contribution < -0.4 is 10.6 Å². The van der Waals surface area contributed by atoms with Crippen LogP contribution in [-0.2, 0) is 19.1 Å². The average molecular weight is 410 g/mol. The molecule has 0 aliphatic carbocycles. The van der Waals surface area contributed by atoms with E-state index in [9.17, 15) is 14.4 Å². The van der Waals surface area contributed by atoms with Crippen molar-refractivity contribution in [2.75, 3.05) is 11.9 Å². The van der Waals surface area contributed by atoms with Crippen LogP contribution in [0.4, 0.5) is 10.5 Å². The van der Waals surface area contributed by atoms with Gasteiger partial charge in [0.2, 0.25) is 0 Å². The topological polar surface area (TPSA) is 118 Å². The first-order valence-electron chi connectivity index (χ1n) is 8.68. The quantitative estimate of drug-likeness (QED) is 0.526. The molecule has 1 atom stereocenters. The Balaban J connectivity index is 2.35. The predicted octanol–water partition coefficient (Wildman–Crippen LogP) is 3.39. The van der Waals surface area contributed by atoms with Crippen molar-refractivity contribution in [1.82, 2.24) is 5.32 Å². The summed E-state index contributed by atoms with van der Waals surface area (Å²) in [6.45, 7) is 6.94. The van der Waals surface area contributed by atoms with E-state index < -0.39 is 29.7 Å². The summed E-state index contributed by atoms with van der Waals surface area (Å²) < 4.78 is 10.1. The van der Waals surface area contributed by atoms with Crippen LogP contribution in [0.15, 0.2) is 18.2 Å². The monoisotopic (exact) mass is 409 g/mol. The number of esters is 1. The van der Waals surface area contributed by atoms with Crippen LogP contribution in [0, 0.1) is 11.3 Å². The van der Waals surface area contributed by atoms with Gasteiger partial charge in [0.25, 0.3) is 5.91 Å². The van der Waals surface area contributed by atoms with Gasteiger partial charge in [-0.15, -0.1) is 0 Å². The van der Waals surface area contributed by atoms with Crippen LogP contribution >= 0.6 is 11.6 Å². The van der Waals surface area contributed by atoms with Gasteiger partial charge in [0.05, 0.1) is 10.6 Å². The second-order valence-electron chi connectivity index (χ2n) is 6.96. The number of amides is 2. The molecule has 1 rings (SSSR count). The highest BCUT2D eigenvalue weighted by molar-refractivity contribution is 6.32. The van der Waals surface area contributed by atoms with E-state index >= 15 is 0 Å². The zero-order valence-electron chi connectivity index (χ0n) is 16.3. The number of halogens is 1. The van der Waals surface area contributed by atoms with Gasteiger partial charge in [0.1, 0.15) is 11.7 Å². The molecular weight excluding hydrogens is 386 g/mol. The summed E-state index contributed by atoms with van der Waals surface area (Å²) in [6, 6.07) is 6.36. The van der Waals surface area contributed by atoms with Crippen LogP contribution in [-0.4, -0.2) is 36.2 Å². The lowest BCUT2D eigenvalue weighted by atomic mass is 10.2. The fourth-order valence-corrected chi connectivity index (χ4v) is 2.20. The standard InChI is InChI=1S/C19H24ClN3O5/c1-12(17(25)23-14-8-7-13(11-21)15(20)10-14)27-16(24)6-5-9-22-18(26)28-19(2,3)4/h7-8,10,12H,5-6,9H2,1-4H3,(H,22,26)(H,23,25)/t12-/m1/s1. The van der Waals surface area contributed by atoms with E-state index in [4.69, 9.17) is 26.3 Å². The van der Waals surface area contributed by atoms with E-state index in [-0.39, 0.29) is 18.0 Å². The number of carbonyl (C=O) groups excluding carboxylic acids is 3. The van der Waals surface area contributed by atoms with Crippen molar-refractivity contribution in [1.29, 1.82) is 5.26 Å². The molecule has 0 bridgehead atoms. The molecule has 2 N–H and O–H groups in total. The van der Waals surface area contributed by atoms with Gasteiger partial charge in [0, 0.05) is 18.7 Å². The van der Waals surface area contributed by atoms with Crippen LogP contribution in [0.2, 0.25) is 5.02 Å². The Morgan fingerprint density at radius 2 is 1.96 bits per heavy atom. The Kier molecular flexibility index (Phi) is 8.74. The maximum Gasteiger partial charge on any atom is 0.407 e. The molecule has 0 aliphatic heterocycles. The van der Waals surface area contributed by atoms with E-state index in [0.717, 1.165) is 0 Å². The Morgan fingerprint density at radius 1 is 1.29 bits per heavy atom. The van der Waals surface area contributed by atoms with Crippen molar-refractivity contribution in [2.45, 2.75) is 52.2 Å². The minimum atomic E-state index is -1.01. The van der Waals surface area contributed by atoms with Gasteiger partial charge in [-0.25, -0.2) is 4.79 Å². The third-order valence-electron chi connectivity index (χ3n) is 3.26. The zero-order chi connectivity index (χ0) is 21.3. The van der Waals surface area contributed by atoms with Gasteiger partial charge in [0.15, 0.2) is 6.10 Å². The number of ether oxygens (including phenoxy) is 2. The summed E-state index contributed by atoms with van der Waals surface area (Å²) in [5, 5.41) is 14.1. The lowest BCUT2D eigenvalue weighted by Gasteiger charge is -2.19. The summed E-state index contributed by atoms with van der Waals surface area (Å²) in [5.41, 5.74) is 0.0860. The molecule has 2 amide bonds. The first-order valence-corrected chi connectivity index (χ1v) is 9.06. The second-order valence-corrected chi connectivity index (χ2v) is 7.37. The summed E-state index contributed by atoms with van der Waals surface area (Å²) in [6.07, 6.45) is -1.19. The van der Waals surface area contributed by atoms with E-state index in [1.165, 1.54) is 25.1 Å². The number of hydrogen-bond acceptors (Lipinski definition) is 6. The summed E-state index contributed by atoms with van der Waals surface area (Å²) in [5.74, 6) is -1.09. The lowest BCUT2D eigenvalue weighted by molar-refractivity contribution is -0.153. The first-order chi connectivity index (χ1) is 13.0. The van der Waals surface area contributed by atoms with Crippen molar-refractivity contribution in [3.63, 3.8) is 0 Å². The SMILES string of the molecule is C[C@@H](OC(=O)CCCNC(=O)OC(C)(C)C)C(=O)Nc1ccc(C#N)c(Cl)c1. The third kappa shape index (κ3) is 8.73. The normalized spacial score (nSPS) is 11.7. The van der Waals surface area contributed by atoms with Crippen molar-refractivity contribution < 1.29 is 23.9 Å². The van der Waals surface area contributed by atoms with E-state index in [1.807, 2.05) is 6.07 Å². The van der Waals surface area contributed by atoms with Gasteiger partial charge in [-0.3, -0.25) is 9.59 Å². The van der Waals surface area contributed by atoms with Gasteiger partial charge in [-0.2, -0.15) is 5.26 Å². The average Bonchev–Trinajstić information content (AvgIpc) is 2.57. The fraction of sp³-hybridized carbons (Fsp3) is 0.474. The Bertz CT molecular complexity index is 768. The Labute approximate surface area is 169 Å². The fourth-order valence-electron chi connectivity index (χ4n) is 1.97. The number of alkyl carbamates (subject to hydrolysis) is 1. The highest BCUT2D eigenvalue weighted by atomic mass is 35.5. The molecule has 0 fully saturated rings. The molecule has 28 heavy (non-hydrogen) atoms. The van der Waals surface area contributed by atoms with Gasteiger partial charge in [-0.05, 0) is 52.3 Å². The smallest absolute Gasteiger partial charge is 0.407 e. The molecule has 0 saturated carbocycles. The molecule has 0 spiro atoms. The van der Waals surface area contributed by atoms with Gasteiger partial charge < -0.3 is 20.1 Å². The van der Waals surface area contributed by atoms with Crippen molar-refractivity contribution in [3.8, 4) is 6.07 Å². The van der Waals surface area contributed by atoms with E-state index in [0.29, 0.717) is 17.7 Å². The molecule has 0 aliphatic rings. The van der Waals surface area contributed by atoms with Crippen molar-refractivity contribution >= 4 is 35.3 Å². The zero-order valence-corrected chi connectivity index (χ0v) is 17.1. The van der Waals surface area contributed by atoms with Gasteiger partial charge in [-0.1, -0.05) is 11.6 Å². The van der Waals surface area contributed by atoms with Crippen LogP contribution in [0.3, 0.4) is 0 Å². The number of hydrogen-bond donors (Lipinski definition) is 2. The van der Waals surface area contributed by atoms with Crippen molar-refractivity contribution in [3.05, 3.63) is 28.8 Å². The lowest BCUT2D eigenvalue weighted by Crippen LogP contribution is -2.33. The van der Waals surface area contributed by atoms with Crippen LogP contribution in [0.25, 0.3) is 0 Å². The molecule has 0 aromatic heterocycles. The summed E-state index contributed by atoms with van der Waals surface area (Å²) in [7, 11) is 0. The number of benzene rings is 1. The molecule has 0 radical (unpaired) electrons. The number of carbonyl (C=O) groups is 3. The highest BCUT2D eigenvalue weighted by Crippen LogP contribution is 2.20. The summed E-state index contributed by atoms with van der Waals surface area (Å²) in [4.78, 5) is 35.4. The minimum Gasteiger partial charge on any atom is -0.453 e. The molecule has 0 saturated heterocycles. The molecule has 1 aromatic carbocycles. The largest absolute Gasteiger partial charge is 0.453 e. The number of anilines is 1. The number of nitriles is 1. The van der Waals surface area contributed by atoms with Gasteiger partial charge >= 0.3 is 12.1 Å². The summed E-state index contributed by atoms with van der Waals surface area (Å²) >= 11 is 5.91. The second kappa shape index (κ2) is 10.5. The highest BCUT2D eigenvalue weighted by Gasteiger charge is 2.19. The molecule has 1 aromatic rings. The van der Waals surface area contributed by atoms with E-state index in [2.05, 4.69) is 10.6 Å². The van der Waals surface area contributed by atoms with Crippen LogP contribution in [0.1, 0.15) is 46.1 Å². The molecular formula is C19H24ClN3O5. The maximum atomic E-state index is 12.1. The Hall–Kier alpha value is -2.79. The number of nitrogens with zero attached hydrogens (tertiary/aromatic N) is 1. The maximum absolute atomic E-state index is 12.1. The van der Waals surface area contributed by atoms with E-state index in [1.54, 1.807) is 20.8 Å². The molecule has 152 valence electrons. The Morgan fingerprint density at radius 3 is 2.54 bits per heavy atom. The number of rotatable bonds is 7. The van der Waals surface area contributed by atoms with Crippen LogP contribution in [0.5, 0.6) is 0 Å². The minimum absolute atomic E-state index is 0.0378. The molecule has 0 heterocycles.